The fourth-order valence-corrected chi connectivity index (χ4v) is 5.10. The lowest BCUT2D eigenvalue weighted by Gasteiger charge is -2.08. The SMILES string of the molecule is CCSc1nc2c(=O)c3c(sc2n1-c1ccccc1)CCC3. The Labute approximate surface area is 137 Å². The van der Waals surface area contributed by atoms with E-state index in [9.17, 15) is 4.79 Å². The van der Waals surface area contributed by atoms with Crippen LogP contribution in [-0.2, 0) is 12.8 Å². The molecule has 5 heteroatoms. The number of para-hydroxylation sites is 1. The molecule has 0 amide bonds. The van der Waals surface area contributed by atoms with Crippen molar-refractivity contribution in [2.75, 3.05) is 5.75 Å². The van der Waals surface area contributed by atoms with Gasteiger partial charge in [-0.05, 0) is 37.1 Å². The van der Waals surface area contributed by atoms with Crippen molar-refractivity contribution in [2.24, 2.45) is 0 Å². The second-order valence-electron chi connectivity index (χ2n) is 5.34. The van der Waals surface area contributed by atoms with E-state index in [4.69, 9.17) is 0 Å². The normalized spacial score (nSPS) is 13.7. The summed E-state index contributed by atoms with van der Waals surface area (Å²) >= 11 is 3.43. The molecule has 1 aliphatic rings. The second-order valence-corrected chi connectivity index (χ2v) is 7.65. The molecule has 3 nitrogen and oxygen atoms in total. The van der Waals surface area contributed by atoms with Gasteiger partial charge in [0.25, 0.3) is 0 Å². The van der Waals surface area contributed by atoms with E-state index >= 15 is 0 Å². The summed E-state index contributed by atoms with van der Waals surface area (Å²) < 4.78 is 2.15. The van der Waals surface area contributed by atoms with Crippen molar-refractivity contribution in [3.8, 4) is 5.69 Å². The Morgan fingerprint density at radius 2 is 2.09 bits per heavy atom. The molecule has 0 aliphatic heterocycles. The first-order valence-electron chi connectivity index (χ1n) is 7.55. The maximum atomic E-state index is 12.7. The number of imidazole rings is 1. The van der Waals surface area contributed by atoms with Crippen molar-refractivity contribution < 1.29 is 0 Å². The average molecular weight is 328 g/mol. The molecule has 0 radical (unpaired) electrons. The summed E-state index contributed by atoms with van der Waals surface area (Å²) in [6.45, 7) is 2.11. The van der Waals surface area contributed by atoms with Gasteiger partial charge in [-0.2, -0.15) is 0 Å². The van der Waals surface area contributed by atoms with E-state index in [0.29, 0.717) is 5.52 Å². The summed E-state index contributed by atoms with van der Waals surface area (Å²) in [5, 5.41) is 0.917. The molecule has 3 aromatic rings. The average Bonchev–Trinajstić information content (AvgIpc) is 3.14. The summed E-state index contributed by atoms with van der Waals surface area (Å²) in [7, 11) is 0. The van der Waals surface area contributed by atoms with Crippen LogP contribution in [0.4, 0.5) is 0 Å². The van der Waals surface area contributed by atoms with E-state index in [1.807, 2.05) is 18.2 Å². The maximum Gasteiger partial charge on any atom is 0.211 e. The summed E-state index contributed by atoms with van der Waals surface area (Å²) in [6, 6.07) is 10.2. The Hall–Kier alpha value is -1.59. The van der Waals surface area contributed by atoms with E-state index in [-0.39, 0.29) is 5.43 Å². The Kier molecular flexibility index (Phi) is 3.54. The van der Waals surface area contributed by atoms with Gasteiger partial charge >= 0.3 is 0 Å². The molecule has 0 fully saturated rings. The molecule has 0 N–H and O–H groups in total. The van der Waals surface area contributed by atoms with Crippen molar-refractivity contribution in [1.29, 1.82) is 0 Å². The third kappa shape index (κ3) is 2.11. The van der Waals surface area contributed by atoms with Crippen LogP contribution in [0.2, 0.25) is 0 Å². The number of rotatable bonds is 3. The van der Waals surface area contributed by atoms with E-state index in [1.54, 1.807) is 23.1 Å². The number of hydrogen-bond acceptors (Lipinski definition) is 4. The molecule has 0 atom stereocenters. The smallest absolute Gasteiger partial charge is 0.211 e. The van der Waals surface area contributed by atoms with E-state index in [1.165, 1.54) is 4.88 Å². The first-order valence-corrected chi connectivity index (χ1v) is 9.35. The van der Waals surface area contributed by atoms with Crippen molar-refractivity contribution >= 4 is 33.4 Å². The van der Waals surface area contributed by atoms with Crippen molar-refractivity contribution in [3.05, 3.63) is 51.0 Å². The van der Waals surface area contributed by atoms with Crippen LogP contribution in [0.3, 0.4) is 0 Å². The molecule has 0 spiro atoms. The van der Waals surface area contributed by atoms with Crippen LogP contribution in [0.15, 0.2) is 40.3 Å². The van der Waals surface area contributed by atoms with Crippen molar-refractivity contribution in [2.45, 2.75) is 31.3 Å². The predicted molar refractivity (Wildman–Crippen MR) is 93.6 cm³/mol. The fraction of sp³-hybridized carbons (Fsp3) is 0.294. The predicted octanol–water partition coefficient (Wildman–Crippen LogP) is 4.05. The minimum absolute atomic E-state index is 0.147. The van der Waals surface area contributed by atoms with Crippen LogP contribution in [0.5, 0.6) is 0 Å². The Bertz CT molecular complexity index is 896. The molecular weight excluding hydrogens is 312 g/mol. The lowest BCUT2D eigenvalue weighted by Crippen LogP contribution is -2.07. The highest BCUT2D eigenvalue weighted by Gasteiger charge is 2.23. The maximum absolute atomic E-state index is 12.7. The highest BCUT2D eigenvalue weighted by molar-refractivity contribution is 7.99. The van der Waals surface area contributed by atoms with Gasteiger partial charge in [-0.25, -0.2) is 4.98 Å². The molecule has 2 heterocycles. The Balaban J connectivity index is 2.07. The first-order chi connectivity index (χ1) is 10.8. The minimum Gasteiger partial charge on any atom is -0.287 e. The number of nitrogens with zero attached hydrogens (tertiary/aromatic N) is 2. The topological polar surface area (TPSA) is 34.9 Å². The molecular formula is C17H16N2OS2. The van der Waals surface area contributed by atoms with Crippen molar-refractivity contribution in [3.63, 3.8) is 0 Å². The van der Waals surface area contributed by atoms with Crippen LogP contribution in [-0.4, -0.2) is 15.3 Å². The van der Waals surface area contributed by atoms with Crippen LogP contribution >= 0.6 is 23.1 Å². The van der Waals surface area contributed by atoms with Gasteiger partial charge < -0.3 is 0 Å². The highest BCUT2D eigenvalue weighted by atomic mass is 32.2. The van der Waals surface area contributed by atoms with Crippen LogP contribution in [0.1, 0.15) is 23.8 Å². The monoisotopic (exact) mass is 328 g/mol. The zero-order valence-electron chi connectivity index (χ0n) is 12.3. The van der Waals surface area contributed by atoms with E-state index in [2.05, 4.69) is 28.6 Å². The van der Waals surface area contributed by atoms with Gasteiger partial charge in [-0.3, -0.25) is 9.36 Å². The Morgan fingerprint density at radius 1 is 1.27 bits per heavy atom. The zero-order chi connectivity index (χ0) is 15.1. The summed E-state index contributed by atoms with van der Waals surface area (Å²) in [4.78, 5) is 19.7. The molecule has 22 heavy (non-hydrogen) atoms. The molecule has 2 aromatic heterocycles. The zero-order valence-corrected chi connectivity index (χ0v) is 14.0. The third-order valence-corrected chi connectivity index (χ3v) is 6.06. The molecule has 112 valence electrons. The van der Waals surface area contributed by atoms with Gasteiger partial charge in [-0.15, -0.1) is 11.3 Å². The molecule has 0 unspecified atom stereocenters. The highest BCUT2D eigenvalue weighted by Crippen LogP contribution is 2.33. The van der Waals surface area contributed by atoms with Crippen LogP contribution < -0.4 is 5.43 Å². The molecule has 1 aromatic carbocycles. The van der Waals surface area contributed by atoms with Crippen molar-refractivity contribution in [1.82, 2.24) is 9.55 Å². The van der Waals surface area contributed by atoms with Gasteiger partial charge in [0.05, 0.1) is 0 Å². The largest absolute Gasteiger partial charge is 0.287 e. The summed E-state index contributed by atoms with van der Waals surface area (Å²) in [6.07, 6.45) is 3.03. The number of aromatic nitrogens is 2. The van der Waals surface area contributed by atoms with Gasteiger partial charge in [0.15, 0.2) is 5.16 Å². The molecule has 0 saturated carbocycles. The van der Waals surface area contributed by atoms with Gasteiger partial charge in [0.2, 0.25) is 5.43 Å². The van der Waals surface area contributed by atoms with Crippen LogP contribution in [0.25, 0.3) is 16.0 Å². The van der Waals surface area contributed by atoms with Gasteiger partial charge in [0, 0.05) is 16.1 Å². The van der Waals surface area contributed by atoms with Gasteiger partial charge in [0.1, 0.15) is 10.3 Å². The van der Waals surface area contributed by atoms with Gasteiger partial charge in [-0.1, -0.05) is 36.9 Å². The third-order valence-electron chi connectivity index (χ3n) is 3.97. The number of benzene rings is 1. The standard InChI is InChI=1S/C17H16N2OS2/c1-2-21-17-18-14-15(20)12-9-6-10-13(12)22-16(14)19(17)11-7-4-3-5-8-11/h3-5,7-8H,2,6,9-10H2,1H3. The number of aryl methyl sites for hydroxylation is 1. The molecule has 4 rings (SSSR count). The number of thioether (sulfide) groups is 1. The summed E-state index contributed by atoms with van der Waals surface area (Å²) in [5.41, 5.74) is 2.87. The van der Waals surface area contributed by atoms with Crippen LogP contribution in [0, 0.1) is 0 Å². The lowest BCUT2D eigenvalue weighted by molar-refractivity contribution is 0.911. The molecule has 0 bridgehead atoms. The second kappa shape index (κ2) is 5.56. The quantitative estimate of drug-likeness (QED) is 0.680. The molecule has 0 saturated heterocycles. The minimum atomic E-state index is 0.147. The summed E-state index contributed by atoms with van der Waals surface area (Å²) in [5.74, 6) is 0.939. The number of hydrogen-bond donors (Lipinski definition) is 0. The molecule has 1 aliphatic carbocycles. The van der Waals surface area contributed by atoms with E-state index in [0.717, 1.165) is 46.3 Å². The fourth-order valence-electron chi connectivity index (χ4n) is 2.99. The number of fused-ring (bicyclic) bond motifs is 2. The Morgan fingerprint density at radius 3 is 2.86 bits per heavy atom. The van der Waals surface area contributed by atoms with E-state index < -0.39 is 0 Å². The lowest BCUT2D eigenvalue weighted by atomic mass is 10.2. The first kappa shape index (κ1) is 14.0.